The molecule has 1 N–H and O–H groups in total. The third-order valence-electron chi connectivity index (χ3n) is 3.26. The molecule has 0 saturated heterocycles. The van der Waals surface area contributed by atoms with Crippen LogP contribution in [0.15, 0.2) is 51.1 Å². The lowest BCUT2D eigenvalue weighted by Gasteiger charge is -2.08. The normalized spacial score (nSPS) is 11.4. The van der Waals surface area contributed by atoms with E-state index in [0.29, 0.717) is 5.75 Å². The number of hydrogen-bond donors (Lipinski definition) is 1. The molecule has 0 atom stereocenters. The smallest absolute Gasteiger partial charge is 0.250 e. The maximum atomic E-state index is 12.0. The van der Waals surface area contributed by atoms with Gasteiger partial charge in [0, 0.05) is 27.3 Å². The van der Waals surface area contributed by atoms with E-state index in [2.05, 4.69) is 43.6 Å². The zero-order valence-electron chi connectivity index (χ0n) is 13.3. The van der Waals surface area contributed by atoms with E-state index in [1.807, 2.05) is 32.9 Å². The SMILES string of the molecule is C/C(=N\NC(=O)CSc1cc(C)c(Br)cc1C)c1ccncc1. The Hall–Kier alpha value is -1.66. The van der Waals surface area contributed by atoms with Crippen molar-refractivity contribution in [1.29, 1.82) is 0 Å². The number of carbonyl (C=O) groups excluding carboxylic acids is 1. The Kier molecular flexibility index (Phi) is 6.36. The van der Waals surface area contributed by atoms with Crippen LogP contribution in [0, 0.1) is 13.8 Å². The van der Waals surface area contributed by atoms with Crippen molar-refractivity contribution in [3.63, 3.8) is 0 Å². The van der Waals surface area contributed by atoms with Gasteiger partial charge in [0.15, 0.2) is 0 Å². The molecule has 1 heterocycles. The van der Waals surface area contributed by atoms with Gasteiger partial charge in [0.1, 0.15) is 0 Å². The third-order valence-corrected chi connectivity index (χ3v) is 5.27. The van der Waals surface area contributed by atoms with E-state index < -0.39 is 0 Å². The second kappa shape index (κ2) is 8.26. The van der Waals surface area contributed by atoms with Gasteiger partial charge in [-0.3, -0.25) is 9.78 Å². The van der Waals surface area contributed by atoms with Crippen molar-refractivity contribution >= 4 is 39.3 Å². The molecule has 4 nitrogen and oxygen atoms in total. The summed E-state index contributed by atoms with van der Waals surface area (Å²) in [6.07, 6.45) is 3.40. The van der Waals surface area contributed by atoms with Gasteiger partial charge in [0.25, 0.3) is 0 Å². The molecule has 0 unspecified atom stereocenters. The summed E-state index contributed by atoms with van der Waals surface area (Å²) in [7, 11) is 0. The van der Waals surface area contributed by atoms with Gasteiger partial charge in [-0.15, -0.1) is 11.8 Å². The molecule has 0 bridgehead atoms. The molecule has 0 radical (unpaired) electrons. The molecule has 0 fully saturated rings. The fourth-order valence-electron chi connectivity index (χ4n) is 1.89. The number of thioether (sulfide) groups is 1. The van der Waals surface area contributed by atoms with E-state index in [0.717, 1.165) is 31.8 Å². The highest BCUT2D eigenvalue weighted by atomic mass is 79.9. The highest BCUT2D eigenvalue weighted by Crippen LogP contribution is 2.28. The molecule has 0 saturated carbocycles. The second-order valence-electron chi connectivity index (χ2n) is 5.12. The minimum atomic E-state index is -0.122. The molecular formula is C17H18BrN3OS. The first-order valence-corrected chi connectivity index (χ1v) is 8.88. The zero-order valence-corrected chi connectivity index (χ0v) is 15.7. The monoisotopic (exact) mass is 391 g/mol. The number of aromatic nitrogens is 1. The lowest BCUT2D eigenvalue weighted by Crippen LogP contribution is -2.21. The minimum Gasteiger partial charge on any atom is -0.272 e. The van der Waals surface area contributed by atoms with Crippen molar-refractivity contribution in [1.82, 2.24) is 10.4 Å². The fourth-order valence-corrected chi connectivity index (χ4v) is 3.25. The van der Waals surface area contributed by atoms with Gasteiger partial charge in [-0.25, -0.2) is 5.43 Å². The molecular weight excluding hydrogens is 374 g/mol. The maximum absolute atomic E-state index is 12.0. The molecule has 2 rings (SSSR count). The Morgan fingerprint density at radius 2 is 1.96 bits per heavy atom. The summed E-state index contributed by atoms with van der Waals surface area (Å²) in [5, 5.41) is 4.13. The summed E-state index contributed by atoms with van der Waals surface area (Å²) in [4.78, 5) is 17.0. The summed E-state index contributed by atoms with van der Waals surface area (Å²) < 4.78 is 1.08. The first kappa shape index (κ1) is 17.7. The number of aryl methyl sites for hydroxylation is 2. The Morgan fingerprint density at radius 3 is 2.65 bits per heavy atom. The number of hydrogen-bond acceptors (Lipinski definition) is 4. The Balaban J connectivity index is 1.92. The van der Waals surface area contributed by atoms with E-state index >= 15 is 0 Å². The Labute approximate surface area is 148 Å². The van der Waals surface area contributed by atoms with Crippen LogP contribution in [0.25, 0.3) is 0 Å². The van der Waals surface area contributed by atoms with Crippen molar-refractivity contribution in [3.05, 3.63) is 57.8 Å². The number of benzene rings is 1. The lowest BCUT2D eigenvalue weighted by molar-refractivity contribution is -0.118. The number of hydrazone groups is 1. The van der Waals surface area contributed by atoms with E-state index in [1.54, 1.807) is 12.4 Å². The van der Waals surface area contributed by atoms with Crippen LogP contribution in [0.5, 0.6) is 0 Å². The van der Waals surface area contributed by atoms with Crippen LogP contribution in [0.3, 0.4) is 0 Å². The molecule has 1 amide bonds. The number of nitrogens with zero attached hydrogens (tertiary/aromatic N) is 2. The van der Waals surface area contributed by atoms with E-state index in [9.17, 15) is 4.79 Å². The van der Waals surface area contributed by atoms with Crippen molar-refractivity contribution in [3.8, 4) is 0 Å². The minimum absolute atomic E-state index is 0.122. The van der Waals surface area contributed by atoms with Crippen molar-refractivity contribution in [2.24, 2.45) is 5.10 Å². The number of halogens is 1. The molecule has 1 aromatic heterocycles. The standard InChI is InChI=1S/C17H18BrN3OS/c1-11-9-16(12(2)8-15(11)18)23-10-17(22)21-20-13(3)14-4-6-19-7-5-14/h4-9H,10H2,1-3H3,(H,21,22)/b20-13+. The third kappa shape index (κ3) is 5.18. The fraction of sp³-hybridized carbons (Fsp3) is 0.235. The highest BCUT2D eigenvalue weighted by Gasteiger charge is 2.07. The largest absolute Gasteiger partial charge is 0.272 e. The first-order valence-electron chi connectivity index (χ1n) is 7.10. The number of rotatable bonds is 5. The van der Waals surface area contributed by atoms with Crippen molar-refractivity contribution in [2.75, 3.05) is 5.75 Å². The van der Waals surface area contributed by atoms with E-state index in [1.165, 1.54) is 11.8 Å². The predicted octanol–water partition coefficient (Wildman–Crippen LogP) is 4.09. The van der Waals surface area contributed by atoms with E-state index in [-0.39, 0.29) is 5.91 Å². The van der Waals surface area contributed by atoms with Gasteiger partial charge in [-0.05, 0) is 56.2 Å². The van der Waals surface area contributed by atoms with Gasteiger partial charge in [-0.1, -0.05) is 15.9 Å². The summed E-state index contributed by atoms with van der Waals surface area (Å²) in [6.45, 7) is 5.93. The lowest BCUT2D eigenvalue weighted by atomic mass is 10.2. The quantitative estimate of drug-likeness (QED) is 0.474. The second-order valence-corrected chi connectivity index (χ2v) is 7.00. The van der Waals surface area contributed by atoms with Crippen molar-refractivity contribution in [2.45, 2.75) is 25.7 Å². The van der Waals surface area contributed by atoms with E-state index in [4.69, 9.17) is 0 Å². The molecule has 6 heteroatoms. The molecule has 0 aliphatic heterocycles. The molecule has 120 valence electrons. The number of pyridine rings is 1. The average molecular weight is 392 g/mol. The van der Waals surface area contributed by atoms with Crippen LogP contribution in [-0.2, 0) is 4.79 Å². The summed E-state index contributed by atoms with van der Waals surface area (Å²) in [5.41, 5.74) is 6.59. The summed E-state index contributed by atoms with van der Waals surface area (Å²) in [6, 6.07) is 7.87. The average Bonchev–Trinajstić information content (AvgIpc) is 2.55. The summed E-state index contributed by atoms with van der Waals surface area (Å²) in [5.74, 6) is 0.207. The summed E-state index contributed by atoms with van der Waals surface area (Å²) >= 11 is 5.03. The number of amides is 1. The number of nitrogens with one attached hydrogen (secondary N) is 1. The topological polar surface area (TPSA) is 54.4 Å². The van der Waals surface area contributed by atoms with Crippen LogP contribution in [0.4, 0.5) is 0 Å². The van der Waals surface area contributed by atoms with Crippen LogP contribution >= 0.6 is 27.7 Å². The van der Waals surface area contributed by atoms with Gasteiger partial charge in [0.05, 0.1) is 11.5 Å². The van der Waals surface area contributed by atoms with Crippen LogP contribution < -0.4 is 5.43 Å². The molecule has 0 aliphatic carbocycles. The Bertz CT molecular complexity index is 732. The van der Waals surface area contributed by atoms with Crippen molar-refractivity contribution < 1.29 is 4.79 Å². The van der Waals surface area contributed by atoms with Crippen LogP contribution in [-0.4, -0.2) is 22.4 Å². The van der Waals surface area contributed by atoms with Gasteiger partial charge < -0.3 is 0 Å². The Morgan fingerprint density at radius 1 is 1.26 bits per heavy atom. The predicted molar refractivity (Wildman–Crippen MR) is 98.9 cm³/mol. The maximum Gasteiger partial charge on any atom is 0.250 e. The highest BCUT2D eigenvalue weighted by molar-refractivity contribution is 9.10. The molecule has 0 aliphatic rings. The van der Waals surface area contributed by atoms with Gasteiger partial charge >= 0.3 is 0 Å². The van der Waals surface area contributed by atoms with Gasteiger partial charge in [0.2, 0.25) is 5.91 Å². The number of carbonyl (C=O) groups is 1. The molecule has 23 heavy (non-hydrogen) atoms. The van der Waals surface area contributed by atoms with Crippen LogP contribution in [0.2, 0.25) is 0 Å². The molecule has 0 spiro atoms. The molecule has 1 aromatic carbocycles. The molecule has 2 aromatic rings. The zero-order chi connectivity index (χ0) is 16.8. The van der Waals surface area contributed by atoms with Crippen LogP contribution in [0.1, 0.15) is 23.6 Å². The first-order chi connectivity index (χ1) is 11.0. The van der Waals surface area contributed by atoms with Gasteiger partial charge in [-0.2, -0.15) is 5.10 Å².